The van der Waals surface area contributed by atoms with Gasteiger partial charge in [0.1, 0.15) is 18.0 Å². The molecular formula is C24H31FN6O4S. The van der Waals surface area contributed by atoms with Crippen molar-refractivity contribution in [2.45, 2.75) is 74.6 Å². The Balaban J connectivity index is 1.43. The largest absolute Gasteiger partial charge is 0.394 e. The van der Waals surface area contributed by atoms with E-state index in [4.69, 9.17) is 14.8 Å². The molecule has 5 rings (SSSR count). The molecule has 0 unspecified atom stereocenters. The van der Waals surface area contributed by atoms with Crippen LogP contribution >= 0.6 is 11.8 Å². The molecule has 3 aromatic rings. The first-order valence-electron chi connectivity index (χ1n) is 12.3. The molecule has 0 aliphatic heterocycles. The van der Waals surface area contributed by atoms with Crippen LogP contribution in [-0.4, -0.2) is 83.6 Å². The molecule has 10 nitrogen and oxygen atoms in total. The third kappa shape index (κ3) is 4.92. The molecule has 0 radical (unpaired) electrons. The first-order valence-corrected chi connectivity index (χ1v) is 13.3. The summed E-state index contributed by atoms with van der Waals surface area (Å²) in [5.41, 5.74) is 2.67. The molecule has 2 heterocycles. The second kappa shape index (κ2) is 10.5. The second-order valence-electron chi connectivity index (χ2n) is 9.43. The van der Waals surface area contributed by atoms with Crippen molar-refractivity contribution in [3.05, 3.63) is 35.1 Å². The Kier molecular flexibility index (Phi) is 7.40. The Bertz CT molecular complexity index is 1230. The SMILES string of the molecule is CCCSc1nc(N[C@@H]2C[C@H]2c2ccc(F)c(C)c2)c2nnn([C@@H]3C[C@H](OCCO)[C@@H](O)[C@H]3O)c2n1. The van der Waals surface area contributed by atoms with Crippen molar-refractivity contribution in [2.75, 3.05) is 24.3 Å². The number of thioether (sulfide) groups is 1. The molecular weight excluding hydrogens is 487 g/mol. The summed E-state index contributed by atoms with van der Waals surface area (Å²) in [4.78, 5) is 9.39. The molecule has 2 aliphatic rings. The lowest BCUT2D eigenvalue weighted by Gasteiger charge is -2.17. The van der Waals surface area contributed by atoms with E-state index in [1.165, 1.54) is 17.8 Å². The number of fused-ring (bicyclic) bond motifs is 1. The molecule has 36 heavy (non-hydrogen) atoms. The van der Waals surface area contributed by atoms with Crippen molar-refractivity contribution < 1.29 is 24.4 Å². The van der Waals surface area contributed by atoms with Gasteiger partial charge in [-0.15, -0.1) is 5.10 Å². The van der Waals surface area contributed by atoms with Gasteiger partial charge in [-0.2, -0.15) is 0 Å². The van der Waals surface area contributed by atoms with E-state index >= 15 is 0 Å². The Morgan fingerprint density at radius 1 is 1.22 bits per heavy atom. The molecule has 194 valence electrons. The molecule has 2 aromatic heterocycles. The predicted octanol–water partition coefficient (Wildman–Crippen LogP) is 2.18. The molecule has 4 N–H and O–H groups in total. The van der Waals surface area contributed by atoms with Gasteiger partial charge in [-0.25, -0.2) is 19.0 Å². The van der Waals surface area contributed by atoms with E-state index in [1.54, 1.807) is 11.6 Å². The van der Waals surface area contributed by atoms with Crippen molar-refractivity contribution in [1.82, 2.24) is 25.0 Å². The van der Waals surface area contributed by atoms with Crippen molar-refractivity contribution in [2.24, 2.45) is 0 Å². The third-order valence-corrected chi connectivity index (χ3v) is 7.85. The number of nitrogens with one attached hydrogen (secondary N) is 1. The average molecular weight is 519 g/mol. The van der Waals surface area contributed by atoms with Crippen molar-refractivity contribution in [3.8, 4) is 0 Å². The van der Waals surface area contributed by atoms with Crippen LogP contribution in [0.25, 0.3) is 11.2 Å². The lowest BCUT2D eigenvalue weighted by atomic mass is 10.1. The van der Waals surface area contributed by atoms with Gasteiger partial charge in [-0.1, -0.05) is 36.0 Å². The first-order chi connectivity index (χ1) is 17.4. The van der Waals surface area contributed by atoms with Gasteiger partial charge < -0.3 is 25.4 Å². The maximum atomic E-state index is 13.7. The minimum atomic E-state index is -1.12. The number of aromatic nitrogens is 5. The Labute approximate surface area is 212 Å². The Hall–Kier alpha value is -2.38. The molecule has 0 spiro atoms. The minimum absolute atomic E-state index is 0.0729. The van der Waals surface area contributed by atoms with Crippen LogP contribution in [0.2, 0.25) is 0 Å². The van der Waals surface area contributed by atoms with Crippen LogP contribution in [0.4, 0.5) is 10.2 Å². The Morgan fingerprint density at radius 3 is 2.81 bits per heavy atom. The van der Waals surface area contributed by atoms with Crippen LogP contribution in [0.15, 0.2) is 23.4 Å². The average Bonchev–Trinajstić information content (AvgIpc) is 3.41. The Morgan fingerprint density at radius 2 is 2.06 bits per heavy atom. The predicted molar refractivity (Wildman–Crippen MR) is 133 cm³/mol. The summed E-state index contributed by atoms with van der Waals surface area (Å²) in [5, 5.41) is 42.9. The van der Waals surface area contributed by atoms with Gasteiger partial charge in [-0.3, -0.25) is 0 Å². The van der Waals surface area contributed by atoms with Gasteiger partial charge in [0, 0.05) is 24.1 Å². The van der Waals surface area contributed by atoms with Crippen LogP contribution in [0, 0.1) is 12.7 Å². The van der Waals surface area contributed by atoms with Gasteiger partial charge in [0.2, 0.25) is 0 Å². The zero-order valence-electron chi connectivity index (χ0n) is 20.2. The summed E-state index contributed by atoms with van der Waals surface area (Å²) >= 11 is 1.53. The first kappa shape index (κ1) is 25.3. The maximum absolute atomic E-state index is 13.7. The maximum Gasteiger partial charge on any atom is 0.191 e. The van der Waals surface area contributed by atoms with E-state index in [0.717, 1.165) is 24.2 Å². The summed E-state index contributed by atoms with van der Waals surface area (Å²) in [6, 6.07) is 4.75. The highest BCUT2D eigenvalue weighted by Gasteiger charge is 2.45. The summed E-state index contributed by atoms with van der Waals surface area (Å²) in [6.45, 7) is 3.75. The number of benzene rings is 1. The lowest BCUT2D eigenvalue weighted by Crippen LogP contribution is -2.33. The van der Waals surface area contributed by atoms with Crippen LogP contribution in [0.5, 0.6) is 0 Å². The molecule has 12 heteroatoms. The summed E-state index contributed by atoms with van der Waals surface area (Å²) in [6.07, 6.45) is -0.708. The number of ether oxygens (including phenoxy) is 1. The summed E-state index contributed by atoms with van der Waals surface area (Å²) in [5.74, 6) is 1.44. The monoisotopic (exact) mass is 518 g/mol. The molecule has 2 fully saturated rings. The zero-order valence-corrected chi connectivity index (χ0v) is 21.0. The van der Waals surface area contributed by atoms with Crippen LogP contribution in [0.1, 0.15) is 49.3 Å². The number of anilines is 1. The highest BCUT2D eigenvalue weighted by atomic mass is 32.2. The molecule has 0 bridgehead atoms. The van der Waals surface area contributed by atoms with Gasteiger partial charge in [0.25, 0.3) is 0 Å². The van der Waals surface area contributed by atoms with E-state index in [-0.39, 0.29) is 31.0 Å². The van der Waals surface area contributed by atoms with Crippen molar-refractivity contribution in [1.29, 1.82) is 0 Å². The van der Waals surface area contributed by atoms with E-state index in [9.17, 15) is 14.6 Å². The second-order valence-corrected chi connectivity index (χ2v) is 10.5. The molecule has 2 aliphatic carbocycles. The number of halogens is 1. The molecule has 0 amide bonds. The molecule has 1 aromatic carbocycles. The summed E-state index contributed by atoms with van der Waals surface area (Å²) < 4.78 is 20.8. The highest BCUT2D eigenvalue weighted by Crippen LogP contribution is 2.44. The highest BCUT2D eigenvalue weighted by molar-refractivity contribution is 7.99. The van der Waals surface area contributed by atoms with Gasteiger partial charge in [0.05, 0.1) is 25.4 Å². The van der Waals surface area contributed by atoms with Crippen LogP contribution in [0.3, 0.4) is 0 Å². The smallest absolute Gasteiger partial charge is 0.191 e. The standard InChI is InChI=1S/C24H31FN6O4S/c1-3-8-36-24-27-22(26-16-10-14(16)13-4-5-15(25)12(2)9-13)19-23(28-24)31(30-29-19)17-11-18(35-7-6-32)21(34)20(17)33/h4-5,9,14,16-18,20-21,32-34H,3,6-8,10-11H2,1-2H3,(H,26,27,28)/t14-,16+,17+,18-,20-,21+/m0/s1. The van der Waals surface area contributed by atoms with Gasteiger partial charge in [-0.05, 0) is 37.0 Å². The number of aryl methyl sites for hydroxylation is 1. The van der Waals surface area contributed by atoms with Gasteiger partial charge in [0.15, 0.2) is 22.1 Å². The number of aliphatic hydroxyl groups is 3. The van der Waals surface area contributed by atoms with E-state index < -0.39 is 24.4 Å². The fourth-order valence-corrected chi connectivity index (χ4v) is 5.46. The number of rotatable bonds is 10. The van der Waals surface area contributed by atoms with Crippen molar-refractivity contribution >= 4 is 28.7 Å². The van der Waals surface area contributed by atoms with E-state index in [0.29, 0.717) is 34.1 Å². The molecule has 6 atom stereocenters. The van der Waals surface area contributed by atoms with Gasteiger partial charge >= 0.3 is 0 Å². The zero-order chi connectivity index (χ0) is 25.4. The normalized spacial score (nSPS) is 27.6. The van der Waals surface area contributed by atoms with E-state index in [2.05, 4.69) is 27.5 Å². The minimum Gasteiger partial charge on any atom is -0.394 e. The number of aliphatic hydroxyl groups excluding tert-OH is 3. The van der Waals surface area contributed by atoms with Crippen molar-refractivity contribution in [3.63, 3.8) is 0 Å². The summed E-state index contributed by atoms with van der Waals surface area (Å²) in [7, 11) is 0. The van der Waals surface area contributed by atoms with Crippen LogP contribution < -0.4 is 5.32 Å². The molecule has 0 saturated heterocycles. The lowest BCUT2D eigenvalue weighted by molar-refractivity contribution is -0.0629. The number of hydrogen-bond donors (Lipinski definition) is 4. The number of nitrogens with zero attached hydrogens (tertiary/aromatic N) is 5. The fraction of sp³-hybridized carbons (Fsp3) is 0.583. The topological polar surface area (TPSA) is 138 Å². The van der Waals surface area contributed by atoms with Crippen LogP contribution in [-0.2, 0) is 4.74 Å². The number of hydrogen-bond acceptors (Lipinski definition) is 10. The van der Waals surface area contributed by atoms with E-state index in [1.807, 2.05) is 12.1 Å². The molecule has 2 saturated carbocycles. The quantitative estimate of drug-likeness (QED) is 0.233. The fourth-order valence-electron chi connectivity index (χ4n) is 4.77. The third-order valence-electron chi connectivity index (χ3n) is 6.80.